The van der Waals surface area contributed by atoms with Crippen LogP contribution in [0.5, 0.6) is 0 Å². The van der Waals surface area contributed by atoms with Crippen LogP contribution >= 0.6 is 23.5 Å². The summed E-state index contributed by atoms with van der Waals surface area (Å²) in [5.41, 5.74) is 7.36. The molecule has 0 saturated carbocycles. The molecule has 1 aliphatic heterocycles. The molecule has 206 valence electrons. The number of H-pyrrole nitrogens is 1. The summed E-state index contributed by atoms with van der Waals surface area (Å²) < 4.78 is 58.5. The van der Waals surface area contributed by atoms with E-state index in [0.29, 0.717) is 0 Å². The molecule has 1 aromatic rings. The Morgan fingerprint density at radius 1 is 1.30 bits per heavy atom. The van der Waals surface area contributed by atoms with Gasteiger partial charge in [0, 0.05) is 29.5 Å². The molecule has 20 nitrogen and oxygen atoms in total. The second-order valence-electron chi connectivity index (χ2n) is 7.26. The van der Waals surface area contributed by atoms with Crippen molar-refractivity contribution in [1.82, 2.24) is 9.55 Å². The molecule has 2 heterocycles. The molecule has 0 aliphatic carbocycles. The predicted octanol–water partition coefficient (Wildman–Crippen LogP) is 0.801. The molecule has 5 N–H and O–H groups in total. The van der Waals surface area contributed by atoms with Gasteiger partial charge in [-0.3, -0.25) is 18.9 Å². The van der Waals surface area contributed by atoms with E-state index in [1.807, 2.05) is 6.07 Å². The van der Waals surface area contributed by atoms with Crippen molar-refractivity contribution in [2.45, 2.75) is 50.8 Å². The molecule has 23 heteroatoms. The number of aromatic nitrogens is 2. The third kappa shape index (κ3) is 9.89. The van der Waals surface area contributed by atoms with Crippen molar-refractivity contribution in [3.05, 3.63) is 43.0 Å². The molecule has 0 bridgehead atoms. The van der Waals surface area contributed by atoms with Crippen LogP contribution in [-0.4, -0.2) is 54.2 Å². The van der Waals surface area contributed by atoms with Crippen LogP contribution in [0.3, 0.4) is 0 Å². The van der Waals surface area contributed by atoms with Crippen molar-refractivity contribution in [3.63, 3.8) is 0 Å². The van der Waals surface area contributed by atoms with Crippen molar-refractivity contribution >= 4 is 23.5 Å². The highest BCUT2D eigenvalue weighted by molar-refractivity contribution is 7.66. The Labute approximate surface area is 206 Å². The van der Waals surface area contributed by atoms with Gasteiger partial charge in [0.15, 0.2) is 0 Å². The first kappa shape index (κ1) is 31.0. The maximum atomic E-state index is 12.3. The molecular formula is C14H21N6O14P3. The molecule has 2 rings (SSSR count). The molecule has 6 atom stereocenters. The summed E-state index contributed by atoms with van der Waals surface area (Å²) in [5.74, 6) is 0. The summed E-state index contributed by atoms with van der Waals surface area (Å²) >= 11 is 0. The van der Waals surface area contributed by atoms with E-state index in [1.165, 1.54) is 13.1 Å². The zero-order valence-corrected chi connectivity index (χ0v) is 21.3. The fourth-order valence-corrected chi connectivity index (χ4v) is 6.07. The Hall–Kier alpha value is -2.19. The molecule has 37 heavy (non-hydrogen) atoms. The fourth-order valence-electron chi connectivity index (χ4n) is 3.04. The van der Waals surface area contributed by atoms with Crippen LogP contribution in [0.1, 0.15) is 31.1 Å². The van der Waals surface area contributed by atoms with Gasteiger partial charge in [-0.2, -0.15) is 13.9 Å². The van der Waals surface area contributed by atoms with Gasteiger partial charge in [-0.15, -0.1) is 0 Å². The van der Waals surface area contributed by atoms with Crippen LogP contribution in [0, 0.1) is 18.3 Å². The largest absolute Gasteiger partial charge is 0.490 e. The Bertz CT molecular complexity index is 1330. The monoisotopic (exact) mass is 590 g/mol. The average molecular weight is 590 g/mol. The second kappa shape index (κ2) is 12.6. The van der Waals surface area contributed by atoms with Gasteiger partial charge in [0.05, 0.1) is 18.8 Å². The summed E-state index contributed by atoms with van der Waals surface area (Å²) in [6.45, 7) is 0.479. The zero-order chi connectivity index (χ0) is 28.0. The lowest BCUT2D eigenvalue weighted by Crippen LogP contribution is -2.33. The topological polar surface area (TPSA) is 306 Å². The minimum absolute atomic E-state index is 0.0535. The summed E-state index contributed by atoms with van der Waals surface area (Å²) in [6, 6.07) is 1.83. The Kier molecular flexibility index (Phi) is 10.5. The number of phosphoric ester groups is 1. The number of azide groups is 1. The van der Waals surface area contributed by atoms with E-state index in [2.05, 4.69) is 28.2 Å². The molecule has 1 aliphatic rings. The minimum atomic E-state index is -5.77. The molecule has 0 amide bonds. The van der Waals surface area contributed by atoms with Gasteiger partial charge in [-0.1, -0.05) is 5.11 Å². The first-order valence-corrected chi connectivity index (χ1v) is 14.4. The second-order valence-corrected chi connectivity index (χ2v) is 11.7. The van der Waals surface area contributed by atoms with Crippen LogP contribution in [0.25, 0.3) is 10.4 Å². The van der Waals surface area contributed by atoms with E-state index in [9.17, 15) is 33.1 Å². The lowest BCUT2D eigenvalue weighted by Gasteiger charge is -2.23. The Morgan fingerprint density at radius 2 is 1.97 bits per heavy atom. The normalized spacial score (nSPS) is 23.8. The lowest BCUT2D eigenvalue weighted by molar-refractivity contribution is -0.0805. The summed E-state index contributed by atoms with van der Waals surface area (Å²) in [5, 5.41) is 12.2. The fraction of sp³-hybridized carbons (Fsp3) is 0.643. The van der Waals surface area contributed by atoms with Gasteiger partial charge < -0.3 is 29.0 Å². The van der Waals surface area contributed by atoms with Crippen molar-refractivity contribution in [2.24, 2.45) is 5.11 Å². The van der Waals surface area contributed by atoms with Crippen molar-refractivity contribution in [1.29, 1.82) is 5.26 Å². The smallest absolute Gasteiger partial charge is 0.366 e. The van der Waals surface area contributed by atoms with Gasteiger partial charge in [0.25, 0.3) is 5.56 Å². The maximum Gasteiger partial charge on any atom is 0.490 e. The lowest BCUT2D eigenvalue weighted by atomic mass is 10.1. The van der Waals surface area contributed by atoms with E-state index in [4.69, 9.17) is 30.1 Å². The standard InChI is InChI=1S/C14H21N6O14P3/c1-8-6-20(14(22)17-13(8)21)12-5-9(31-11(18-19-16)3-2-4-15)10(32-12)7-30-36(26,27)34-37(28,29)33-35(23,24)25/h6,9-12H,2-3,5,7H2,1H3,(H,26,27)(H,28,29)(H,17,21,22)(H2,23,24,25)/t9?,10-,11?,12-/m1/s1. The summed E-state index contributed by atoms with van der Waals surface area (Å²) in [7, 11) is -16.9. The number of aryl methyl sites for hydroxylation is 1. The molecule has 1 fully saturated rings. The number of aromatic amines is 1. The van der Waals surface area contributed by atoms with Crippen LogP contribution in [0.4, 0.5) is 0 Å². The van der Waals surface area contributed by atoms with Gasteiger partial charge >= 0.3 is 29.2 Å². The first-order chi connectivity index (χ1) is 17.1. The van der Waals surface area contributed by atoms with Crippen LogP contribution < -0.4 is 11.2 Å². The number of rotatable bonds is 13. The molecular weight excluding hydrogens is 569 g/mol. The maximum absolute atomic E-state index is 12.3. The molecule has 0 spiro atoms. The van der Waals surface area contributed by atoms with Crippen molar-refractivity contribution in [3.8, 4) is 6.07 Å². The molecule has 1 saturated heterocycles. The van der Waals surface area contributed by atoms with Crippen LogP contribution in [-0.2, 0) is 36.3 Å². The minimum Gasteiger partial charge on any atom is -0.366 e. The Morgan fingerprint density at radius 3 is 2.57 bits per heavy atom. The molecule has 4 unspecified atom stereocenters. The van der Waals surface area contributed by atoms with Gasteiger partial charge in [-0.05, 0) is 18.9 Å². The Balaban J connectivity index is 2.26. The van der Waals surface area contributed by atoms with Gasteiger partial charge in [0.2, 0.25) is 0 Å². The zero-order valence-electron chi connectivity index (χ0n) is 18.7. The highest BCUT2D eigenvalue weighted by Crippen LogP contribution is 2.66. The third-order valence-electron chi connectivity index (χ3n) is 4.47. The quantitative estimate of drug-likeness (QED) is 0.0918. The van der Waals surface area contributed by atoms with Crippen molar-refractivity contribution in [2.75, 3.05) is 6.61 Å². The van der Waals surface area contributed by atoms with Gasteiger partial charge in [-0.25, -0.2) is 18.5 Å². The predicted molar refractivity (Wildman–Crippen MR) is 117 cm³/mol. The van der Waals surface area contributed by atoms with E-state index in [1.54, 1.807) is 0 Å². The number of hydrogen-bond acceptors (Lipinski definition) is 12. The van der Waals surface area contributed by atoms with E-state index in [0.717, 1.165) is 4.57 Å². The SMILES string of the molecule is Cc1cn([C@H]2CC(OC(CCC#N)N=[N+]=[N-])[C@@H](COP(=O)(O)OP(=O)(O)OP(=O)(O)O)O2)c(=O)[nH]c1=O. The first-order valence-electron chi connectivity index (χ1n) is 9.88. The third-order valence-corrected chi connectivity index (χ3v) is 8.27. The molecule has 1 aromatic heterocycles. The number of nitrogens with zero attached hydrogens (tertiary/aromatic N) is 5. The number of nitrogens with one attached hydrogen (secondary N) is 1. The van der Waals surface area contributed by atoms with Crippen molar-refractivity contribution < 1.29 is 55.9 Å². The van der Waals surface area contributed by atoms with Gasteiger partial charge in [0.1, 0.15) is 18.6 Å². The average Bonchev–Trinajstić information content (AvgIpc) is 3.13. The van der Waals surface area contributed by atoms with Crippen LogP contribution in [0.15, 0.2) is 20.9 Å². The highest BCUT2D eigenvalue weighted by Gasteiger charge is 2.44. The van der Waals surface area contributed by atoms with E-state index >= 15 is 0 Å². The number of phosphoric acid groups is 3. The molecule has 0 radical (unpaired) electrons. The number of ether oxygens (including phenoxy) is 2. The summed E-state index contributed by atoms with van der Waals surface area (Å²) in [4.78, 5) is 64.8. The van der Waals surface area contributed by atoms with E-state index in [-0.39, 0.29) is 24.8 Å². The number of hydrogen-bond donors (Lipinski definition) is 5. The summed E-state index contributed by atoms with van der Waals surface area (Å²) in [6.07, 6.45) is -3.95. The highest BCUT2D eigenvalue weighted by atomic mass is 31.3. The number of nitriles is 1. The van der Waals surface area contributed by atoms with E-state index < -0.39 is 66.0 Å². The molecule has 0 aromatic carbocycles. The van der Waals surface area contributed by atoms with Crippen LogP contribution in [0.2, 0.25) is 0 Å².